The van der Waals surface area contributed by atoms with Gasteiger partial charge in [0.2, 0.25) is 0 Å². The lowest BCUT2D eigenvalue weighted by atomic mass is 9.76. The van der Waals surface area contributed by atoms with Crippen LogP contribution in [0.15, 0.2) is 12.1 Å². The van der Waals surface area contributed by atoms with Crippen molar-refractivity contribution >= 4 is 11.3 Å². The zero-order valence-electron chi connectivity index (χ0n) is 13.0. The molecule has 0 unspecified atom stereocenters. The maximum atomic E-state index is 3.69. The van der Waals surface area contributed by atoms with Gasteiger partial charge in [0.1, 0.15) is 0 Å². The van der Waals surface area contributed by atoms with E-state index >= 15 is 0 Å². The van der Waals surface area contributed by atoms with Gasteiger partial charge in [-0.3, -0.25) is 0 Å². The van der Waals surface area contributed by atoms with Gasteiger partial charge in [-0.1, -0.05) is 47.0 Å². The van der Waals surface area contributed by atoms with Crippen molar-refractivity contribution in [3.63, 3.8) is 0 Å². The molecule has 2 heteroatoms. The molecular weight excluding hydrogens is 250 g/mol. The first-order chi connectivity index (χ1) is 8.89. The topological polar surface area (TPSA) is 12.0 Å². The Morgan fingerprint density at radius 3 is 2.42 bits per heavy atom. The van der Waals surface area contributed by atoms with Crippen molar-refractivity contribution in [1.29, 1.82) is 0 Å². The highest BCUT2D eigenvalue weighted by Gasteiger charge is 2.26. The van der Waals surface area contributed by atoms with E-state index in [1.165, 1.54) is 48.4 Å². The van der Waals surface area contributed by atoms with Gasteiger partial charge in [-0.15, -0.1) is 11.3 Å². The third-order valence-corrected chi connectivity index (χ3v) is 5.82. The first-order valence-electron chi connectivity index (χ1n) is 7.69. The Morgan fingerprint density at radius 2 is 1.84 bits per heavy atom. The Kier molecular flexibility index (Phi) is 4.73. The quantitative estimate of drug-likeness (QED) is 0.808. The number of hydrogen-bond donors (Lipinski definition) is 1. The van der Waals surface area contributed by atoms with E-state index in [2.05, 4.69) is 45.1 Å². The van der Waals surface area contributed by atoms with Gasteiger partial charge in [0, 0.05) is 22.8 Å². The zero-order chi connectivity index (χ0) is 13.9. The van der Waals surface area contributed by atoms with Gasteiger partial charge in [0.15, 0.2) is 0 Å². The van der Waals surface area contributed by atoms with Crippen LogP contribution in [0.5, 0.6) is 0 Å². The van der Waals surface area contributed by atoms with Gasteiger partial charge in [-0.05, 0) is 35.8 Å². The number of thiophene rings is 1. The molecule has 0 bridgehead atoms. The Hall–Kier alpha value is -0.340. The second-order valence-electron chi connectivity index (χ2n) is 7.49. The largest absolute Gasteiger partial charge is 0.311 e. The molecule has 1 aliphatic rings. The molecule has 2 rings (SSSR count). The molecule has 1 fully saturated rings. The van der Waals surface area contributed by atoms with Crippen molar-refractivity contribution < 1.29 is 0 Å². The van der Waals surface area contributed by atoms with Gasteiger partial charge in [0.05, 0.1) is 0 Å². The van der Waals surface area contributed by atoms with Crippen molar-refractivity contribution in [2.24, 2.45) is 5.41 Å². The Labute approximate surface area is 122 Å². The lowest BCUT2D eigenvalue weighted by molar-refractivity contribution is 0.208. The minimum atomic E-state index is 0.290. The highest BCUT2D eigenvalue weighted by atomic mass is 32.1. The summed E-state index contributed by atoms with van der Waals surface area (Å²) in [6.07, 6.45) is 7.08. The maximum absolute atomic E-state index is 3.69. The highest BCUT2D eigenvalue weighted by Crippen LogP contribution is 2.35. The summed E-state index contributed by atoms with van der Waals surface area (Å²) >= 11 is 1.96. The smallest absolute Gasteiger partial charge is 0.0300 e. The molecule has 0 saturated heterocycles. The first kappa shape index (κ1) is 15.1. The van der Waals surface area contributed by atoms with Gasteiger partial charge < -0.3 is 5.32 Å². The molecule has 0 amide bonds. The summed E-state index contributed by atoms with van der Waals surface area (Å²) in [4.78, 5) is 2.97. The normalized spacial score (nSPS) is 19.6. The lowest BCUT2D eigenvalue weighted by Gasteiger charge is -2.33. The number of hydrogen-bond acceptors (Lipinski definition) is 2. The third kappa shape index (κ3) is 4.32. The summed E-state index contributed by atoms with van der Waals surface area (Å²) in [5.74, 6) is 0. The molecule has 1 nitrogen and oxygen atoms in total. The van der Waals surface area contributed by atoms with Crippen LogP contribution in [0.1, 0.15) is 69.6 Å². The van der Waals surface area contributed by atoms with Crippen LogP contribution in [0.25, 0.3) is 0 Å². The average Bonchev–Trinajstić information content (AvgIpc) is 2.78. The van der Waals surface area contributed by atoms with Gasteiger partial charge in [-0.25, -0.2) is 0 Å². The molecule has 1 N–H and O–H groups in total. The van der Waals surface area contributed by atoms with Crippen LogP contribution < -0.4 is 5.32 Å². The van der Waals surface area contributed by atoms with Crippen LogP contribution in [0.4, 0.5) is 0 Å². The molecular formula is C17H29NS. The van der Waals surface area contributed by atoms with Crippen molar-refractivity contribution in [3.05, 3.63) is 21.9 Å². The molecule has 0 spiro atoms. The van der Waals surface area contributed by atoms with Crippen LogP contribution in [-0.2, 0) is 12.0 Å². The monoisotopic (exact) mass is 279 g/mol. The van der Waals surface area contributed by atoms with E-state index in [-0.39, 0.29) is 5.41 Å². The summed E-state index contributed by atoms with van der Waals surface area (Å²) in [5.41, 5.74) is 0.834. The fourth-order valence-corrected chi connectivity index (χ4v) is 3.98. The fraction of sp³-hybridized carbons (Fsp3) is 0.765. The van der Waals surface area contributed by atoms with Gasteiger partial charge in [-0.2, -0.15) is 0 Å². The Morgan fingerprint density at radius 1 is 1.16 bits per heavy atom. The van der Waals surface area contributed by atoms with E-state index in [9.17, 15) is 0 Å². The molecule has 19 heavy (non-hydrogen) atoms. The molecule has 0 aliphatic heterocycles. The Bertz CT molecular complexity index is 394. The van der Waals surface area contributed by atoms with Gasteiger partial charge >= 0.3 is 0 Å². The van der Waals surface area contributed by atoms with E-state index in [4.69, 9.17) is 0 Å². The summed E-state index contributed by atoms with van der Waals surface area (Å²) in [7, 11) is 0. The van der Waals surface area contributed by atoms with Crippen LogP contribution in [0.2, 0.25) is 0 Å². The lowest BCUT2D eigenvalue weighted by Crippen LogP contribution is -2.33. The van der Waals surface area contributed by atoms with Crippen LogP contribution in [0.3, 0.4) is 0 Å². The van der Waals surface area contributed by atoms with Crippen molar-refractivity contribution in [3.8, 4) is 0 Å². The van der Waals surface area contributed by atoms with E-state index in [1.807, 2.05) is 11.3 Å². The van der Waals surface area contributed by atoms with Crippen molar-refractivity contribution in [2.45, 2.75) is 71.8 Å². The molecule has 1 heterocycles. The molecule has 0 radical (unpaired) electrons. The fourth-order valence-electron chi connectivity index (χ4n) is 2.95. The minimum Gasteiger partial charge on any atom is -0.311 e. The molecule has 0 atom stereocenters. The maximum Gasteiger partial charge on any atom is 0.0300 e. The third-order valence-electron chi connectivity index (χ3n) is 4.31. The molecule has 1 aromatic rings. The molecule has 1 aromatic heterocycles. The minimum absolute atomic E-state index is 0.290. The zero-order valence-corrected chi connectivity index (χ0v) is 13.8. The molecule has 1 saturated carbocycles. The van der Waals surface area contributed by atoms with Crippen LogP contribution >= 0.6 is 11.3 Å². The molecule has 1 aliphatic carbocycles. The van der Waals surface area contributed by atoms with E-state index in [0.717, 1.165) is 6.54 Å². The SMILES string of the molecule is CC1(CNCc2ccc(C(C)(C)C)s2)CCCCC1. The predicted molar refractivity (Wildman–Crippen MR) is 85.9 cm³/mol. The van der Waals surface area contributed by atoms with Crippen molar-refractivity contribution in [2.75, 3.05) is 6.54 Å². The molecule has 108 valence electrons. The second kappa shape index (κ2) is 5.97. The first-order valence-corrected chi connectivity index (χ1v) is 8.51. The van der Waals surface area contributed by atoms with E-state index in [0.29, 0.717) is 5.41 Å². The van der Waals surface area contributed by atoms with Crippen LogP contribution in [0, 0.1) is 5.41 Å². The number of rotatable bonds is 4. The summed E-state index contributed by atoms with van der Waals surface area (Å²) in [6.45, 7) is 11.5. The van der Waals surface area contributed by atoms with Gasteiger partial charge in [0.25, 0.3) is 0 Å². The summed E-state index contributed by atoms with van der Waals surface area (Å²) in [5, 5.41) is 3.69. The van der Waals surface area contributed by atoms with E-state index < -0.39 is 0 Å². The molecule has 0 aromatic carbocycles. The number of nitrogens with one attached hydrogen (secondary N) is 1. The summed E-state index contributed by atoms with van der Waals surface area (Å²) < 4.78 is 0. The average molecular weight is 279 g/mol. The second-order valence-corrected chi connectivity index (χ2v) is 8.66. The Balaban J connectivity index is 1.81. The van der Waals surface area contributed by atoms with Crippen molar-refractivity contribution in [1.82, 2.24) is 5.32 Å². The standard InChI is InChI=1S/C17H29NS/c1-16(2,3)15-9-8-14(19-15)12-18-13-17(4)10-6-5-7-11-17/h8-9,18H,5-7,10-13H2,1-4H3. The summed E-state index contributed by atoms with van der Waals surface area (Å²) in [6, 6.07) is 4.59. The predicted octanol–water partition coefficient (Wildman–Crippen LogP) is 5.11. The van der Waals surface area contributed by atoms with E-state index in [1.54, 1.807) is 0 Å². The van der Waals surface area contributed by atoms with Crippen LogP contribution in [-0.4, -0.2) is 6.54 Å². The highest BCUT2D eigenvalue weighted by molar-refractivity contribution is 7.12.